The van der Waals surface area contributed by atoms with Crippen molar-refractivity contribution in [3.05, 3.63) is 101 Å². The molecule has 1 unspecified atom stereocenters. The highest BCUT2D eigenvalue weighted by molar-refractivity contribution is 7.99. The summed E-state index contributed by atoms with van der Waals surface area (Å²) in [6.07, 6.45) is 1.67. The summed E-state index contributed by atoms with van der Waals surface area (Å²) in [6.45, 7) is 7.95. The molecule has 0 bridgehead atoms. The third kappa shape index (κ3) is 6.67. The predicted molar refractivity (Wildman–Crippen MR) is 135 cm³/mol. The zero-order valence-electron chi connectivity index (χ0n) is 19.4. The van der Waals surface area contributed by atoms with Gasteiger partial charge in [0.05, 0.1) is 0 Å². The number of carbonyl (C=O) groups is 2. The molecule has 0 radical (unpaired) electrons. The zero-order valence-corrected chi connectivity index (χ0v) is 20.2. The number of thioether (sulfide) groups is 1. The average Bonchev–Trinajstić information content (AvgIpc) is 2.80. The third-order valence-electron chi connectivity index (χ3n) is 5.72. The summed E-state index contributed by atoms with van der Waals surface area (Å²) >= 11 is 1.73. The molecular weight excluding hydrogens is 412 g/mol. The maximum absolute atomic E-state index is 13.4. The van der Waals surface area contributed by atoms with Crippen molar-refractivity contribution in [2.45, 2.75) is 45.4 Å². The Balaban J connectivity index is 1.74. The van der Waals surface area contributed by atoms with Gasteiger partial charge < -0.3 is 0 Å². The minimum Gasteiger partial charge on any atom is -0.294 e. The second kappa shape index (κ2) is 11.3. The summed E-state index contributed by atoms with van der Waals surface area (Å²) in [6, 6.07) is 24.2. The van der Waals surface area contributed by atoms with Gasteiger partial charge in [-0.15, -0.1) is 11.8 Å². The summed E-state index contributed by atoms with van der Waals surface area (Å²) in [5.74, 6) is 0.856. The Hall–Kier alpha value is -2.65. The van der Waals surface area contributed by atoms with Crippen molar-refractivity contribution < 1.29 is 9.59 Å². The van der Waals surface area contributed by atoms with Crippen LogP contribution in [-0.2, 0) is 6.42 Å². The van der Waals surface area contributed by atoms with Gasteiger partial charge in [0, 0.05) is 33.6 Å². The van der Waals surface area contributed by atoms with Crippen molar-refractivity contribution in [3.63, 3.8) is 0 Å². The lowest BCUT2D eigenvalue weighted by Crippen LogP contribution is -2.19. The van der Waals surface area contributed by atoms with Crippen molar-refractivity contribution in [1.82, 2.24) is 0 Å². The van der Waals surface area contributed by atoms with Crippen LogP contribution in [0.15, 0.2) is 77.7 Å². The second-order valence-corrected chi connectivity index (χ2v) is 9.90. The Bertz CT molecular complexity index is 983. The number of carbonyl (C=O) groups excluding carboxylic acids is 2. The van der Waals surface area contributed by atoms with Crippen LogP contribution in [0.4, 0.5) is 0 Å². The molecule has 166 valence electrons. The van der Waals surface area contributed by atoms with Gasteiger partial charge in [-0.05, 0) is 44.4 Å². The minimum atomic E-state index is -0.0887. The van der Waals surface area contributed by atoms with Crippen LogP contribution in [0.1, 0.15) is 57.7 Å². The molecule has 0 N–H and O–H groups in total. The highest BCUT2D eigenvalue weighted by Crippen LogP contribution is 2.26. The molecular formula is C29H32O2S. The Morgan fingerprint density at radius 2 is 1.22 bits per heavy atom. The maximum atomic E-state index is 13.4. The lowest BCUT2D eigenvalue weighted by atomic mass is 9.91. The van der Waals surface area contributed by atoms with E-state index in [1.807, 2.05) is 26.0 Å². The van der Waals surface area contributed by atoms with Crippen LogP contribution in [-0.4, -0.2) is 17.3 Å². The molecule has 0 spiro atoms. The molecule has 3 rings (SSSR count). The van der Waals surface area contributed by atoms with Crippen molar-refractivity contribution in [1.29, 1.82) is 0 Å². The predicted octanol–water partition coefficient (Wildman–Crippen LogP) is 7.37. The first kappa shape index (κ1) is 24.0. The number of hydrogen-bond donors (Lipinski definition) is 0. The van der Waals surface area contributed by atoms with Gasteiger partial charge in [0.15, 0.2) is 11.6 Å². The number of ketones is 2. The molecule has 0 aliphatic rings. The Labute approximate surface area is 196 Å². The number of benzene rings is 3. The highest BCUT2D eigenvalue weighted by Gasteiger charge is 2.21. The normalized spacial score (nSPS) is 12.0. The Kier molecular flexibility index (Phi) is 8.46. The van der Waals surface area contributed by atoms with Crippen LogP contribution in [0.2, 0.25) is 0 Å². The summed E-state index contributed by atoms with van der Waals surface area (Å²) in [7, 11) is 0. The maximum Gasteiger partial charge on any atom is 0.166 e. The van der Waals surface area contributed by atoms with E-state index < -0.39 is 0 Å². The summed E-state index contributed by atoms with van der Waals surface area (Å²) < 4.78 is 0. The lowest BCUT2D eigenvalue weighted by molar-refractivity contribution is 0.0920. The summed E-state index contributed by atoms with van der Waals surface area (Å²) in [4.78, 5) is 26.8. The average molecular weight is 445 g/mol. The topological polar surface area (TPSA) is 34.1 Å². The van der Waals surface area contributed by atoms with E-state index in [0.29, 0.717) is 11.1 Å². The third-order valence-corrected chi connectivity index (χ3v) is 6.90. The van der Waals surface area contributed by atoms with Gasteiger partial charge >= 0.3 is 0 Å². The molecule has 0 saturated heterocycles. The van der Waals surface area contributed by atoms with E-state index in [2.05, 4.69) is 62.4 Å². The number of Topliss-reactive ketones (excluding diaryl/α,β-unsaturated/α-hetero) is 2. The molecule has 0 aliphatic carbocycles. The molecule has 0 aromatic heterocycles. The largest absolute Gasteiger partial charge is 0.294 e. The fraction of sp³-hybridized carbons (Fsp3) is 0.310. The molecule has 1 atom stereocenters. The Morgan fingerprint density at radius 3 is 1.75 bits per heavy atom. The number of rotatable bonds is 10. The van der Waals surface area contributed by atoms with Crippen LogP contribution >= 0.6 is 11.8 Å². The summed E-state index contributed by atoms with van der Waals surface area (Å²) in [5.41, 5.74) is 5.09. The molecule has 3 heteroatoms. The van der Waals surface area contributed by atoms with Gasteiger partial charge in [0.1, 0.15) is 0 Å². The van der Waals surface area contributed by atoms with Crippen molar-refractivity contribution in [2.75, 3.05) is 5.75 Å². The standard InChI is InChI=1S/C29H32O2S/c1-20(2)28(30)24-13-15-25(16-14-24)29(31)26(12-11-23-9-5-21(3)6-10-23)19-32-27-17-7-22(4)8-18-27/h5-10,13-18,20,26H,11-12,19H2,1-4H3. The van der Waals surface area contributed by atoms with E-state index >= 15 is 0 Å². The van der Waals surface area contributed by atoms with Gasteiger partial charge in [-0.2, -0.15) is 0 Å². The summed E-state index contributed by atoms with van der Waals surface area (Å²) in [5, 5.41) is 0. The van der Waals surface area contributed by atoms with Gasteiger partial charge in [0.25, 0.3) is 0 Å². The zero-order chi connectivity index (χ0) is 23.1. The molecule has 3 aromatic carbocycles. The first-order valence-electron chi connectivity index (χ1n) is 11.3. The van der Waals surface area contributed by atoms with Crippen LogP contribution < -0.4 is 0 Å². The van der Waals surface area contributed by atoms with E-state index in [-0.39, 0.29) is 23.4 Å². The Morgan fingerprint density at radius 1 is 0.719 bits per heavy atom. The first-order valence-corrected chi connectivity index (χ1v) is 12.3. The molecule has 0 saturated carbocycles. The molecule has 0 aliphatic heterocycles. The van der Waals surface area contributed by atoms with E-state index in [1.54, 1.807) is 23.9 Å². The monoisotopic (exact) mass is 444 g/mol. The van der Waals surface area contributed by atoms with E-state index in [9.17, 15) is 9.59 Å². The van der Waals surface area contributed by atoms with E-state index in [0.717, 1.165) is 18.6 Å². The highest BCUT2D eigenvalue weighted by atomic mass is 32.2. The molecule has 0 heterocycles. The fourth-order valence-electron chi connectivity index (χ4n) is 3.58. The fourth-order valence-corrected chi connectivity index (χ4v) is 4.63. The molecule has 0 fully saturated rings. The second-order valence-electron chi connectivity index (χ2n) is 8.81. The van der Waals surface area contributed by atoms with Crippen LogP contribution in [0.5, 0.6) is 0 Å². The lowest BCUT2D eigenvalue weighted by Gasteiger charge is -2.16. The van der Waals surface area contributed by atoms with Crippen LogP contribution in [0, 0.1) is 25.7 Å². The van der Waals surface area contributed by atoms with Gasteiger partial charge in [-0.25, -0.2) is 0 Å². The van der Waals surface area contributed by atoms with Gasteiger partial charge in [-0.1, -0.05) is 85.6 Å². The van der Waals surface area contributed by atoms with Crippen LogP contribution in [0.3, 0.4) is 0 Å². The van der Waals surface area contributed by atoms with Crippen molar-refractivity contribution >= 4 is 23.3 Å². The first-order chi connectivity index (χ1) is 15.3. The van der Waals surface area contributed by atoms with Crippen molar-refractivity contribution in [2.24, 2.45) is 11.8 Å². The van der Waals surface area contributed by atoms with Gasteiger partial charge in [-0.3, -0.25) is 9.59 Å². The minimum absolute atomic E-state index is 0.0512. The smallest absolute Gasteiger partial charge is 0.166 e. The van der Waals surface area contributed by atoms with Crippen molar-refractivity contribution in [3.8, 4) is 0 Å². The molecule has 3 aromatic rings. The van der Waals surface area contributed by atoms with Crippen LogP contribution in [0.25, 0.3) is 0 Å². The number of aryl methyl sites for hydroxylation is 3. The van der Waals surface area contributed by atoms with E-state index in [4.69, 9.17) is 0 Å². The SMILES string of the molecule is Cc1ccc(CCC(CSc2ccc(C)cc2)C(=O)c2ccc(C(=O)C(C)C)cc2)cc1. The number of hydrogen-bond acceptors (Lipinski definition) is 3. The molecule has 0 amide bonds. The van der Waals surface area contributed by atoms with Gasteiger partial charge in [0.2, 0.25) is 0 Å². The quantitative estimate of drug-likeness (QED) is 0.242. The molecule has 32 heavy (non-hydrogen) atoms. The van der Waals surface area contributed by atoms with E-state index in [1.165, 1.54) is 21.6 Å². The molecule has 2 nitrogen and oxygen atoms in total.